The Balaban J connectivity index is 2.02. The predicted octanol–water partition coefficient (Wildman–Crippen LogP) is 4.69. The van der Waals surface area contributed by atoms with E-state index in [4.69, 9.17) is 14.2 Å². The van der Waals surface area contributed by atoms with Crippen molar-refractivity contribution in [2.24, 2.45) is 0 Å². The van der Waals surface area contributed by atoms with Crippen molar-refractivity contribution in [3.8, 4) is 17.2 Å². The first-order chi connectivity index (χ1) is 12.7. The third-order valence-corrected chi connectivity index (χ3v) is 3.71. The summed E-state index contributed by atoms with van der Waals surface area (Å²) in [5.74, 6) is 0.869. The van der Waals surface area contributed by atoms with Crippen LogP contribution >= 0.6 is 0 Å². The zero-order chi connectivity index (χ0) is 18.8. The first-order valence-electron chi connectivity index (χ1n) is 8.85. The van der Waals surface area contributed by atoms with Crippen LogP contribution in [-0.4, -0.2) is 25.5 Å². The molecule has 2 rings (SSSR count). The highest BCUT2D eigenvalue weighted by Gasteiger charge is 2.13. The van der Waals surface area contributed by atoms with Crippen LogP contribution in [0.3, 0.4) is 0 Å². The molecule has 0 aliphatic carbocycles. The molecule has 0 aromatic heterocycles. The summed E-state index contributed by atoms with van der Waals surface area (Å²) in [6.45, 7) is 5.03. The van der Waals surface area contributed by atoms with Crippen LogP contribution in [0.15, 0.2) is 42.5 Å². The monoisotopic (exact) mass is 356 g/mol. The number of rotatable bonds is 10. The van der Waals surface area contributed by atoms with E-state index in [0.29, 0.717) is 36.4 Å². The fourth-order valence-electron chi connectivity index (χ4n) is 2.34. The van der Waals surface area contributed by atoms with Crippen LogP contribution in [0.5, 0.6) is 17.2 Å². The van der Waals surface area contributed by atoms with Gasteiger partial charge in [-0.25, -0.2) is 4.79 Å². The molecule has 5 nitrogen and oxygen atoms in total. The normalized spacial score (nSPS) is 10.2. The molecule has 0 aliphatic heterocycles. The molecule has 0 saturated heterocycles. The zero-order valence-electron chi connectivity index (χ0n) is 15.2. The summed E-state index contributed by atoms with van der Waals surface area (Å²) in [6, 6.07) is 11.5. The molecule has 0 heterocycles. The van der Waals surface area contributed by atoms with Crippen LogP contribution in [0.1, 0.15) is 53.8 Å². The van der Waals surface area contributed by atoms with E-state index in [2.05, 4.69) is 6.92 Å². The van der Waals surface area contributed by atoms with Gasteiger partial charge in [-0.1, -0.05) is 19.8 Å². The second kappa shape index (κ2) is 10.2. The van der Waals surface area contributed by atoms with Crippen molar-refractivity contribution >= 4 is 12.3 Å². The summed E-state index contributed by atoms with van der Waals surface area (Å²) < 4.78 is 16.5. The Labute approximate surface area is 153 Å². The van der Waals surface area contributed by atoms with Crippen LogP contribution in [0.25, 0.3) is 0 Å². The van der Waals surface area contributed by atoms with Gasteiger partial charge in [0.15, 0.2) is 11.5 Å². The molecule has 0 fully saturated rings. The van der Waals surface area contributed by atoms with E-state index < -0.39 is 5.97 Å². The minimum atomic E-state index is -0.498. The molecule has 0 unspecified atom stereocenters. The first kappa shape index (κ1) is 19.5. The van der Waals surface area contributed by atoms with E-state index in [9.17, 15) is 9.59 Å². The number of carbonyl (C=O) groups excluding carboxylic acids is 2. The van der Waals surface area contributed by atoms with Crippen molar-refractivity contribution in [2.75, 3.05) is 13.2 Å². The Hall–Kier alpha value is -2.82. The molecule has 0 spiro atoms. The lowest BCUT2D eigenvalue weighted by Crippen LogP contribution is -2.10. The molecule has 26 heavy (non-hydrogen) atoms. The maximum Gasteiger partial charge on any atom is 0.343 e. The Morgan fingerprint density at radius 2 is 1.73 bits per heavy atom. The van der Waals surface area contributed by atoms with Crippen LogP contribution in [0.2, 0.25) is 0 Å². The van der Waals surface area contributed by atoms with Gasteiger partial charge in [0.1, 0.15) is 12.0 Å². The minimum Gasteiger partial charge on any atom is -0.494 e. The van der Waals surface area contributed by atoms with E-state index >= 15 is 0 Å². The maximum absolute atomic E-state index is 12.3. The lowest BCUT2D eigenvalue weighted by molar-refractivity contribution is 0.0728. The van der Waals surface area contributed by atoms with Crippen LogP contribution in [0, 0.1) is 0 Å². The van der Waals surface area contributed by atoms with Gasteiger partial charge in [-0.15, -0.1) is 0 Å². The molecule has 0 saturated carbocycles. The largest absolute Gasteiger partial charge is 0.494 e. The number of esters is 1. The average Bonchev–Trinajstić information content (AvgIpc) is 2.67. The fourth-order valence-corrected chi connectivity index (χ4v) is 2.34. The van der Waals surface area contributed by atoms with E-state index in [1.807, 2.05) is 6.92 Å². The van der Waals surface area contributed by atoms with Gasteiger partial charge < -0.3 is 14.2 Å². The molecule has 0 N–H and O–H groups in total. The number of benzene rings is 2. The fraction of sp³-hybridized carbons (Fsp3) is 0.333. The second-order valence-electron chi connectivity index (χ2n) is 5.73. The number of hydrogen-bond acceptors (Lipinski definition) is 5. The van der Waals surface area contributed by atoms with Gasteiger partial charge >= 0.3 is 5.97 Å². The minimum absolute atomic E-state index is 0.280. The second-order valence-corrected chi connectivity index (χ2v) is 5.73. The van der Waals surface area contributed by atoms with Gasteiger partial charge in [0.25, 0.3) is 0 Å². The SMILES string of the molecule is CCCCCOc1ccc(C(=O)Oc2ccc(C=O)cc2OCC)cc1. The summed E-state index contributed by atoms with van der Waals surface area (Å²) in [5, 5.41) is 0. The third kappa shape index (κ3) is 5.62. The lowest BCUT2D eigenvalue weighted by Gasteiger charge is -2.11. The predicted molar refractivity (Wildman–Crippen MR) is 99.4 cm³/mol. The summed E-state index contributed by atoms with van der Waals surface area (Å²) in [6.07, 6.45) is 4.01. The van der Waals surface area contributed by atoms with Crippen LogP contribution in [-0.2, 0) is 0 Å². The van der Waals surface area contributed by atoms with Gasteiger partial charge in [0, 0.05) is 5.56 Å². The highest BCUT2D eigenvalue weighted by atomic mass is 16.6. The summed E-state index contributed by atoms with van der Waals surface area (Å²) >= 11 is 0. The van der Waals surface area contributed by atoms with E-state index in [1.165, 1.54) is 0 Å². The molecule has 2 aromatic carbocycles. The molecule has 2 aromatic rings. The third-order valence-electron chi connectivity index (χ3n) is 3.71. The first-order valence-corrected chi connectivity index (χ1v) is 8.85. The summed E-state index contributed by atoms with van der Waals surface area (Å²) in [5.41, 5.74) is 0.866. The number of aldehydes is 1. The molecular weight excluding hydrogens is 332 g/mol. The molecular formula is C21H24O5. The lowest BCUT2D eigenvalue weighted by atomic mass is 10.2. The maximum atomic E-state index is 12.3. The van der Waals surface area contributed by atoms with E-state index in [0.717, 1.165) is 25.0 Å². The van der Waals surface area contributed by atoms with Crippen molar-refractivity contribution < 1.29 is 23.8 Å². The highest BCUT2D eigenvalue weighted by Crippen LogP contribution is 2.29. The molecule has 0 amide bonds. The molecule has 0 aliphatic rings. The molecule has 0 radical (unpaired) electrons. The van der Waals surface area contributed by atoms with Gasteiger partial charge in [-0.2, -0.15) is 0 Å². The molecule has 5 heteroatoms. The number of unbranched alkanes of at least 4 members (excludes halogenated alkanes) is 2. The molecule has 0 bridgehead atoms. The quantitative estimate of drug-likeness (QED) is 0.268. The van der Waals surface area contributed by atoms with Crippen molar-refractivity contribution in [1.29, 1.82) is 0 Å². The molecule has 138 valence electrons. The summed E-state index contributed by atoms with van der Waals surface area (Å²) in [7, 11) is 0. The van der Waals surface area contributed by atoms with Crippen molar-refractivity contribution in [2.45, 2.75) is 33.1 Å². The van der Waals surface area contributed by atoms with Crippen molar-refractivity contribution in [3.05, 3.63) is 53.6 Å². The number of carbonyl (C=O) groups is 2. The summed E-state index contributed by atoms with van der Waals surface area (Å²) in [4.78, 5) is 23.2. The van der Waals surface area contributed by atoms with Crippen molar-refractivity contribution in [3.63, 3.8) is 0 Å². The molecule has 0 atom stereocenters. The van der Waals surface area contributed by atoms with Crippen molar-refractivity contribution in [1.82, 2.24) is 0 Å². The Bertz CT molecular complexity index is 722. The van der Waals surface area contributed by atoms with E-state index in [1.54, 1.807) is 42.5 Å². The number of ether oxygens (including phenoxy) is 3. The Kier molecular flexibility index (Phi) is 7.68. The standard InChI is InChI=1S/C21H24O5/c1-3-5-6-13-25-18-10-8-17(9-11-18)21(23)26-19-12-7-16(15-22)14-20(19)24-4-2/h7-12,14-15H,3-6,13H2,1-2H3. The topological polar surface area (TPSA) is 61.8 Å². The highest BCUT2D eigenvalue weighted by molar-refractivity contribution is 5.91. The van der Waals surface area contributed by atoms with Gasteiger partial charge in [-0.3, -0.25) is 4.79 Å². The number of hydrogen-bond donors (Lipinski definition) is 0. The smallest absolute Gasteiger partial charge is 0.343 e. The zero-order valence-corrected chi connectivity index (χ0v) is 15.2. The Morgan fingerprint density at radius 3 is 2.38 bits per heavy atom. The van der Waals surface area contributed by atoms with Gasteiger partial charge in [0.05, 0.1) is 18.8 Å². The average molecular weight is 356 g/mol. The van der Waals surface area contributed by atoms with E-state index in [-0.39, 0.29) is 5.75 Å². The van der Waals surface area contributed by atoms with Gasteiger partial charge in [-0.05, 0) is 55.8 Å². The van der Waals surface area contributed by atoms with Crippen LogP contribution in [0.4, 0.5) is 0 Å². The van der Waals surface area contributed by atoms with Crippen LogP contribution < -0.4 is 14.2 Å². The van der Waals surface area contributed by atoms with Gasteiger partial charge in [0.2, 0.25) is 0 Å². The Morgan fingerprint density at radius 1 is 0.962 bits per heavy atom.